The minimum Gasteiger partial charge on any atom is -0.480 e. The summed E-state index contributed by atoms with van der Waals surface area (Å²) in [6.45, 7) is 11.8. The number of likely N-dealkylation sites (N-methyl/N-ethyl adjacent to an activating group) is 3. The Kier molecular flexibility index (Phi) is 11.6. The quantitative estimate of drug-likeness (QED) is 0.437. The fraction of sp³-hybridized carbons (Fsp3) is 0.857. The molecule has 3 amide bonds. The Morgan fingerprint density at radius 3 is 2.08 bits per heavy atom. The highest BCUT2D eigenvalue weighted by atomic mass is 16.4. The molecule has 218 valence electrons. The van der Waals surface area contributed by atoms with E-state index in [9.17, 15) is 24.3 Å². The van der Waals surface area contributed by atoms with E-state index in [0.717, 1.165) is 38.6 Å². The molecule has 0 aromatic heterocycles. The third kappa shape index (κ3) is 8.40. The van der Waals surface area contributed by atoms with E-state index in [1.165, 1.54) is 4.90 Å². The number of carboxylic acids is 1. The van der Waals surface area contributed by atoms with Crippen LogP contribution in [0.25, 0.3) is 0 Å². The number of nitrogens with one attached hydrogen (secondary N) is 1. The van der Waals surface area contributed by atoms with Crippen LogP contribution in [0, 0.1) is 11.3 Å². The van der Waals surface area contributed by atoms with Crippen molar-refractivity contribution in [2.45, 2.75) is 97.3 Å². The van der Waals surface area contributed by atoms with Gasteiger partial charge in [-0.2, -0.15) is 0 Å². The minimum atomic E-state index is -0.958. The first kappa shape index (κ1) is 32.0. The first-order valence-corrected chi connectivity index (χ1v) is 14.1. The van der Waals surface area contributed by atoms with E-state index in [4.69, 9.17) is 0 Å². The van der Waals surface area contributed by atoms with Crippen LogP contribution >= 0.6 is 0 Å². The summed E-state index contributed by atoms with van der Waals surface area (Å²) in [6, 6.07) is -1.88. The maximum atomic E-state index is 13.8. The molecule has 2 heterocycles. The van der Waals surface area contributed by atoms with E-state index in [-0.39, 0.29) is 42.3 Å². The molecule has 2 rings (SSSR count). The topological polar surface area (TPSA) is 113 Å². The minimum absolute atomic E-state index is 0.0858. The monoisotopic (exact) mass is 537 g/mol. The maximum Gasteiger partial charge on any atom is 0.326 e. The zero-order valence-corrected chi connectivity index (χ0v) is 24.8. The van der Waals surface area contributed by atoms with Crippen molar-refractivity contribution < 1.29 is 24.3 Å². The van der Waals surface area contributed by atoms with Crippen molar-refractivity contribution in [2.24, 2.45) is 11.3 Å². The number of hydrogen-bond donors (Lipinski definition) is 2. The van der Waals surface area contributed by atoms with Crippen molar-refractivity contribution in [3.05, 3.63) is 0 Å². The van der Waals surface area contributed by atoms with Crippen LogP contribution in [-0.4, -0.2) is 120 Å². The fourth-order valence-electron chi connectivity index (χ4n) is 5.63. The van der Waals surface area contributed by atoms with E-state index < -0.39 is 23.5 Å². The van der Waals surface area contributed by atoms with E-state index in [0.29, 0.717) is 19.5 Å². The second-order valence-corrected chi connectivity index (χ2v) is 12.7. The van der Waals surface area contributed by atoms with Gasteiger partial charge in [-0.3, -0.25) is 24.2 Å². The molecule has 0 radical (unpaired) electrons. The summed E-state index contributed by atoms with van der Waals surface area (Å²) in [5.41, 5.74) is -0.488. The molecule has 10 heteroatoms. The summed E-state index contributed by atoms with van der Waals surface area (Å²) in [6.07, 6.45) is 4.96. The second-order valence-electron chi connectivity index (χ2n) is 12.7. The molecular weight excluding hydrogens is 486 g/mol. The van der Waals surface area contributed by atoms with Gasteiger partial charge in [0.15, 0.2) is 0 Å². The van der Waals surface area contributed by atoms with Crippen molar-refractivity contribution in [2.75, 3.05) is 47.3 Å². The van der Waals surface area contributed by atoms with Crippen LogP contribution in [0.2, 0.25) is 0 Å². The molecule has 0 aliphatic carbocycles. The number of rotatable bonds is 10. The molecule has 2 fully saturated rings. The van der Waals surface area contributed by atoms with Crippen LogP contribution in [0.15, 0.2) is 0 Å². The Morgan fingerprint density at radius 1 is 0.974 bits per heavy atom. The zero-order valence-electron chi connectivity index (χ0n) is 24.8. The number of nitrogens with zero attached hydrogens (tertiary/aromatic N) is 4. The van der Waals surface area contributed by atoms with Crippen molar-refractivity contribution in [1.82, 2.24) is 24.9 Å². The molecule has 0 spiro atoms. The molecule has 38 heavy (non-hydrogen) atoms. The predicted octanol–water partition coefficient (Wildman–Crippen LogP) is 1.88. The summed E-state index contributed by atoms with van der Waals surface area (Å²) < 4.78 is 0. The number of carboxylic acid groups (broad SMARTS) is 1. The van der Waals surface area contributed by atoms with Gasteiger partial charge in [0.1, 0.15) is 12.1 Å². The Bertz CT molecular complexity index is 842. The molecule has 2 N–H and O–H groups in total. The molecule has 0 aromatic carbocycles. The third-order valence-electron chi connectivity index (χ3n) is 8.10. The lowest BCUT2D eigenvalue weighted by atomic mass is 9.84. The van der Waals surface area contributed by atoms with Gasteiger partial charge in [0.2, 0.25) is 17.7 Å². The largest absolute Gasteiger partial charge is 0.480 e. The number of piperidine rings is 2. The van der Waals surface area contributed by atoms with E-state index in [1.54, 1.807) is 11.9 Å². The van der Waals surface area contributed by atoms with Crippen molar-refractivity contribution in [1.29, 1.82) is 0 Å². The van der Waals surface area contributed by atoms with Gasteiger partial charge in [-0.15, -0.1) is 0 Å². The molecule has 2 saturated heterocycles. The molecule has 3 unspecified atom stereocenters. The Hall–Kier alpha value is -2.20. The van der Waals surface area contributed by atoms with Crippen molar-refractivity contribution in [3.8, 4) is 0 Å². The lowest BCUT2D eigenvalue weighted by molar-refractivity contribution is -0.152. The highest BCUT2D eigenvalue weighted by molar-refractivity contribution is 5.90. The van der Waals surface area contributed by atoms with Gasteiger partial charge < -0.3 is 20.2 Å². The number of carbonyl (C=O) groups is 4. The molecule has 2 aliphatic rings. The second kappa shape index (κ2) is 13.7. The maximum absolute atomic E-state index is 13.8. The summed E-state index contributed by atoms with van der Waals surface area (Å²) in [4.78, 5) is 58.8. The summed E-state index contributed by atoms with van der Waals surface area (Å²) in [5.74, 6) is -1.31. The van der Waals surface area contributed by atoms with Crippen LogP contribution in [0.3, 0.4) is 0 Å². The molecule has 0 aromatic rings. The first-order chi connectivity index (χ1) is 17.6. The number of hydrogen-bond acceptors (Lipinski definition) is 6. The van der Waals surface area contributed by atoms with Gasteiger partial charge in [-0.05, 0) is 64.1 Å². The van der Waals surface area contributed by atoms with Crippen LogP contribution in [0.1, 0.15) is 73.1 Å². The molecule has 10 nitrogen and oxygen atoms in total. The Morgan fingerprint density at radius 2 is 1.55 bits per heavy atom. The predicted molar refractivity (Wildman–Crippen MR) is 148 cm³/mol. The summed E-state index contributed by atoms with van der Waals surface area (Å²) in [7, 11) is 5.55. The molecular formula is C28H51N5O5. The van der Waals surface area contributed by atoms with Gasteiger partial charge in [0.25, 0.3) is 0 Å². The number of carbonyl (C=O) groups excluding carboxylic acids is 3. The third-order valence-corrected chi connectivity index (χ3v) is 8.10. The Labute approximate surface area is 229 Å². The highest BCUT2D eigenvalue weighted by Gasteiger charge is 2.40. The van der Waals surface area contributed by atoms with Gasteiger partial charge in [0, 0.05) is 26.2 Å². The highest BCUT2D eigenvalue weighted by Crippen LogP contribution is 2.25. The first-order valence-electron chi connectivity index (χ1n) is 14.1. The lowest BCUT2D eigenvalue weighted by Crippen LogP contribution is -2.60. The smallest absolute Gasteiger partial charge is 0.326 e. The van der Waals surface area contributed by atoms with Gasteiger partial charge in [-0.25, -0.2) is 4.79 Å². The zero-order chi connectivity index (χ0) is 28.8. The molecule has 0 bridgehead atoms. The lowest BCUT2D eigenvalue weighted by Gasteiger charge is -2.41. The van der Waals surface area contributed by atoms with E-state index >= 15 is 0 Å². The molecule has 0 saturated carbocycles. The van der Waals surface area contributed by atoms with Crippen LogP contribution < -0.4 is 5.32 Å². The standard InChI is InChI=1S/C28H51N5O5/c1-19(2)22(17-30(6)18-23(34)33-16-12-10-14-21(33)27(37)38)32(8)26(36)24(28(3,4)5)29-25(35)20-13-9-11-15-31(20)7/h19-22,24H,9-18H2,1-8H3,(H,29,35)(H,37,38)/t20?,21?,22-,24?/m1/s1. The fourth-order valence-corrected chi connectivity index (χ4v) is 5.63. The molecule has 4 atom stereocenters. The van der Waals surface area contributed by atoms with Crippen LogP contribution in [-0.2, 0) is 19.2 Å². The number of amides is 3. The summed E-state index contributed by atoms with van der Waals surface area (Å²) in [5, 5.41) is 12.6. The summed E-state index contributed by atoms with van der Waals surface area (Å²) >= 11 is 0. The van der Waals surface area contributed by atoms with Crippen LogP contribution in [0.5, 0.6) is 0 Å². The van der Waals surface area contributed by atoms with Crippen molar-refractivity contribution in [3.63, 3.8) is 0 Å². The normalized spacial score (nSPS) is 22.7. The molecule has 2 aliphatic heterocycles. The SMILES string of the molecule is CC(C)[C@@H](CN(C)CC(=O)N1CCCCC1C(=O)O)N(C)C(=O)C(NC(=O)C1CCCCN1C)C(C)(C)C. The Balaban J connectivity index is 2.11. The van der Waals surface area contributed by atoms with Gasteiger partial charge >= 0.3 is 5.97 Å². The average Bonchev–Trinajstić information content (AvgIpc) is 2.84. The van der Waals surface area contributed by atoms with E-state index in [2.05, 4.69) is 10.2 Å². The number of aliphatic carboxylic acids is 1. The van der Waals surface area contributed by atoms with Gasteiger partial charge in [0.05, 0.1) is 12.6 Å². The van der Waals surface area contributed by atoms with Gasteiger partial charge in [-0.1, -0.05) is 41.0 Å². The van der Waals surface area contributed by atoms with E-state index in [1.807, 2.05) is 53.6 Å². The van der Waals surface area contributed by atoms with Crippen molar-refractivity contribution >= 4 is 23.7 Å². The van der Waals surface area contributed by atoms with Crippen LogP contribution in [0.4, 0.5) is 0 Å². The average molecular weight is 538 g/mol. The number of likely N-dealkylation sites (tertiary alicyclic amines) is 2.